The predicted molar refractivity (Wildman–Crippen MR) is 74.2 cm³/mol. The third-order valence-corrected chi connectivity index (χ3v) is 3.99. The Hall–Kier alpha value is -0.820. The lowest BCUT2D eigenvalue weighted by molar-refractivity contribution is 0.277. The Balaban J connectivity index is 1.93. The number of nitrogens with one attached hydrogen (secondary N) is 1. The molecule has 1 saturated carbocycles. The van der Waals surface area contributed by atoms with Crippen LogP contribution in [0.5, 0.6) is 0 Å². The van der Waals surface area contributed by atoms with Crippen molar-refractivity contribution < 1.29 is 0 Å². The van der Waals surface area contributed by atoms with Gasteiger partial charge < -0.3 is 5.32 Å². The third kappa shape index (κ3) is 3.10. The van der Waals surface area contributed by atoms with Gasteiger partial charge in [0.25, 0.3) is 0 Å². The topological polar surface area (TPSA) is 12.0 Å². The summed E-state index contributed by atoms with van der Waals surface area (Å²) in [5, 5.41) is 3.58. The van der Waals surface area contributed by atoms with E-state index in [1.54, 1.807) is 0 Å². The van der Waals surface area contributed by atoms with Crippen LogP contribution in [0.1, 0.15) is 45.6 Å². The summed E-state index contributed by atoms with van der Waals surface area (Å²) in [4.78, 5) is 0. The molecule has 1 heteroatoms. The lowest BCUT2D eigenvalue weighted by Gasteiger charge is -2.27. The van der Waals surface area contributed by atoms with Gasteiger partial charge in [0.15, 0.2) is 0 Å². The molecule has 0 saturated heterocycles. The van der Waals surface area contributed by atoms with Crippen LogP contribution in [-0.4, -0.2) is 12.6 Å². The molecule has 2 unspecified atom stereocenters. The molecular formula is C16H25N. The summed E-state index contributed by atoms with van der Waals surface area (Å²) < 4.78 is 0. The first-order valence-corrected chi connectivity index (χ1v) is 6.79. The van der Waals surface area contributed by atoms with E-state index in [0.29, 0.717) is 11.5 Å². The minimum absolute atomic E-state index is 0.408. The van der Waals surface area contributed by atoms with Gasteiger partial charge in [0.1, 0.15) is 0 Å². The lowest BCUT2D eigenvalue weighted by Crippen LogP contribution is -2.35. The van der Waals surface area contributed by atoms with Crippen LogP contribution in [0.25, 0.3) is 0 Å². The van der Waals surface area contributed by atoms with E-state index >= 15 is 0 Å². The number of benzene rings is 1. The molecule has 0 radical (unpaired) electrons. The molecule has 0 heterocycles. The SMILES string of the molecule is CC(C)NCC(C)(C)C1CC1c1ccccc1. The van der Waals surface area contributed by atoms with Crippen molar-refractivity contribution in [2.24, 2.45) is 11.3 Å². The Kier molecular flexibility index (Phi) is 3.58. The Labute approximate surface area is 106 Å². The zero-order valence-electron chi connectivity index (χ0n) is 11.5. The van der Waals surface area contributed by atoms with Gasteiger partial charge in [-0.15, -0.1) is 0 Å². The van der Waals surface area contributed by atoms with Gasteiger partial charge in [-0.1, -0.05) is 58.0 Å². The van der Waals surface area contributed by atoms with E-state index in [2.05, 4.69) is 63.3 Å². The highest BCUT2D eigenvalue weighted by Gasteiger charge is 2.47. The number of hydrogen-bond acceptors (Lipinski definition) is 1. The summed E-state index contributed by atoms with van der Waals surface area (Å²) in [6, 6.07) is 11.6. The fourth-order valence-electron chi connectivity index (χ4n) is 2.73. The van der Waals surface area contributed by atoms with Gasteiger partial charge in [-0.05, 0) is 29.2 Å². The standard InChI is InChI=1S/C16H25N/c1-12(2)17-11-16(3,4)15-10-14(15)13-8-6-5-7-9-13/h5-9,12,14-15,17H,10-11H2,1-4H3. The van der Waals surface area contributed by atoms with E-state index in [4.69, 9.17) is 0 Å². The van der Waals surface area contributed by atoms with E-state index in [1.807, 2.05) is 0 Å². The van der Waals surface area contributed by atoms with Crippen molar-refractivity contribution in [2.45, 2.75) is 46.1 Å². The Morgan fingerprint density at radius 1 is 1.24 bits per heavy atom. The van der Waals surface area contributed by atoms with E-state index < -0.39 is 0 Å². The molecule has 2 atom stereocenters. The first-order valence-electron chi connectivity index (χ1n) is 6.79. The van der Waals surface area contributed by atoms with Crippen molar-refractivity contribution in [1.29, 1.82) is 0 Å². The molecule has 1 nitrogen and oxygen atoms in total. The molecular weight excluding hydrogens is 206 g/mol. The molecule has 1 fully saturated rings. The monoisotopic (exact) mass is 231 g/mol. The molecule has 1 aliphatic carbocycles. The molecule has 1 aromatic carbocycles. The Bertz CT molecular complexity index is 353. The van der Waals surface area contributed by atoms with Crippen LogP contribution >= 0.6 is 0 Å². The van der Waals surface area contributed by atoms with Gasteiger partial charge in [0.05, 0.1) is 0 Å². The molecule has 94 valence electrons. The highest BCUT2D eigenvalue weighted by molar-refractivity contribution is 5.26. The van der Waals surface area contributed by atoms with Crippen LogP contribution in [0, 0.1) is 11.3 Å². The minimum Gasteiger partial charge on any atom is -0.314 e. The van der Waals surface area contributed by atoms with E-state index in [0.717, 1.165) is 18.4 Å². The molecule has 1 N–H and O–H groups in total. The van der Waals surface area contributed by atoms with Gasteiger partial charge in [-0.3, -0.25) is 0 Å². The maximum absolute atomic E-state index is 3.58. The van der Waals surface area contributed by atoms with Gasteiger partial charge in [0, 0.05) is 12.6 Å². The second kappa shape index (κ2) is 4.81. The van der Waals surface area contributed by atoms with Crippen molar-refractivity contribution >= 4 is 0 Å². The summed E-state index contributed by atoms with van der Waals surface area (Å²) in [6.07, 6.45) is 1.36. The summed E-state index contributed by atoms with van der Waals surface area (Å²) >= 11 is 0. The average Bonchev–Trinajstić information content (AvgIpc) is 3.08. The maximum atomic E-state index is 3.58. The Morgan fingerprint density at radius 3 is 2.47 bits per heavy atom. The molecule has 1 aliphatic rings. The zero-order valence-corrected chi connectivity index (χ0v) is 11.5. The van der Waals surface area contributed by atoms with Crippen LogP contribution in [0.4, 0.5) is 0 Å². The van der Waals surface area contributed by atoms with Gasteiger partial charge >= 0.3 is 0 Å². The largest absolute Gasteiger partial charge is 0.314 e. The van der Waals surface area contributed by atoms with Crippen molar-refractivity contribution in [3.63, 3.8) is 0 Å². The van der Waals surface area contributed by atoms with Crippen molar-refractivity contribution in [3.05, 3.63) is 35.9 Å². The first-order chi connectivity index (χ1) is 8.00. The summed E-state index contributed by atoms with van der Waals surface area (Å²) in [7, 11) is 0. The second-order valence-corrected chi connectivity index (χ2v) is 6.38. The van der Waals surface area contributed by atoms with Crippen LogP contribution in [-0.2, 0) is 0 Å². The quantitative estimate of drug-likeness (QED) is 0.812. The van der Waals surface area contributed by atoms with Crippen LogP contribution < -0.4 is 5.32 Å². The molecule has 2 rings (SSSR count). The second-order valence-electron chi connectivity index (χ2n) is 6.38. The molecule has 0 aromatic heterocycles. The molecule has 17 heavy (non-hydrogen) atoms. The molecule has 1 aromatic rings. The minimum atomic E-state index is 0.408. The van der Waals surface area contributed by atoms with E-state index in [9.17, 15) is 0 Å². The number of hydrogen-bond donors (Lipinski definition) is 1. The fourth-order valence-corrected chi connectivity index (χ4v) is 2.73. The zero-order chi connectivity index (χ0) is 12.5. The van der Waals surface area contributed by atoms with E-state index in [-0.39, 0.29) is 0 Å². The Morgan fingerprint density at radius 2 is 1.88 bits per heavy atom. The van der Waals surface area contributed by atoms with Crippen LogP contribution in [0.15, 0.2) is 30.3 Å². The summed E-state index contributed by atoms with van der Waals surface area (Å²) in [5.41, 5.74) is 1.93. The first kappa shape index (κ1) is 12.6. The summed E-state index contributed by atoms with van der Waals surface area (Å²) in [5.74, 6) is 1.64. The van der Waals surface area contributed by atoms with Crippen molar-refractivity contribution in [2.75, 3.05) is 6.54 Å². The normalized spacial score (nSPS) is 24.1. The van der Waals surface area contributed by atoms with Crippen LogP contribution in [0.3, 0.4) is 0 Å². The highest BCUT2D eigenvalue weighted by atomic mass is 14.9. The molecule has 0 amide bonds. The highest BCUT2D eigenvalue weighted by Crippen LogP contribution is 2.56. The molecule has 0 bridgehead atoms. The average molecular weight is 231 g/mol. The smallest absolute Gasteiger partial charge is 0.00106 e. The fraction of sp³-hybridized carbons (Fsp3) is 0.625. The van der Waals surface area contributed by atoms with Gasteiger partial charge in [-0.2, -0.15) is 0 Å². The van der Waals surface area contributed by atoms with Gasteiger partial charge in [-0.25, -0.2) is 0 Å². The molecule has 0 aliphatic heterocycles. The lowest BCUT2D eigenvalue weighted by atomic mass is 9.85. The maximum Gasteiger partial charge on any atom is 0.00106 e. The van der Waals surface area contributed by atoms with Crippen molar-refractivity contribution in [3.8, 4) is 0 Å². The summed E-state index contributed by atoms with van der Waals surface area (Å²) in [6.45, 7) is 10.4. The van der Waals surface area contributed by atoms with Gasteiger partial charge in [0.2, 0.25) is 0 Å². The molecule has 0 spiro atoms. The van der Waals surface area contributed by atoms with Crippen molar-refractivity contribution in [1.82, 2.24) is 5.32 Å². The van der Waals surface area contributed by atoms with Crippen LogP contribution in [0.2, 0.25) is 0 Å². The number of rotatable bonds is 5. The van der Waals surface area contributed by atoms with E-state index in [1.165, 1.54) is 12.0 Å². The third-order valence-electron chi connectivity index (χ3n) is 3.99. The predicted octanol–water partition coefficient (Wildman–Crippen LogP) is 3.81.